The van der Waals surface area contributed by atoms with E-state index in [0.717, 1.165) is 36.1 Å². The maximum absolute atomic E-state index is 12.6. The van der Waals surface area contributed by atoms with Crippen molar-refractivity contribution in [3.8, 4) is 17.2 Å². The Morgan fingerprint density at radius 1 is 1.21 bits per heavy atom. The number of anilines is 1. The SMILES string of the molecule is CCCCCCCCNC(=O)NC12C[C@@H]1Oc1ccc(Oc3ccnc4c3CCC(=O)N4)cc12. The fourth-order valence-electron chi connectivity index (χ4n) is 4.87. The van der Waals surface area contributed by atoms with Gasteiger partial charge in [-0.25, -0.2) is 9.78 Å². The van der Waals surface area contributed by atoms with Crippen LogP contribution in [0.1, 0.15) is 69.4 Å². The second kappa shape index (κ2) is 9.52. The summed E-state index contributed by atoms with van der Waals surface area (Å²) in [5.74, 6) is 2.64. The Kier molecular flexibility index (Phi) is 6.30. The van der Waals surface area contributed by atoms with Crippen LogP contribution >= 0.6 is 0 Å². The molecule has 1 aromatic heterocycles. The highest BCUT2D eigenvalue weighted by Gasteiger charge is 2.64. The zero-order valence-electron chi connectivity index (χ0n) is 19.6. The molecule has 3 aliphatic rings. The quantitative estimate of drug-likeness (QED) is 0.439. The van der Waals surface area contributed by atoms with Crippen LogP contribution in [0.3, 0.4) is 0 Å². The fourth-order valence-corrected chi connectivity index (χ4v) is 4.87. The van der Waals surface area contributed by atoms with Gasteiger partial charge in [0.05, 0.1) is 0 Å². The van der Waals surface area contributed by atoms with E-state index in [1.807, 2.05) is 24.3 Å². The Morgan fingerprint density at radius 3 is 2.94 bits per heavy atom. The number of aromatic nitrogens is 1. The van der Waals surface area contributed by atoms with E-state index in [1.54, 1.807) is 6.20 Å². The number of ether oxygens (including phenoxy) is 2. The highest BCUT2D eigenvalue weighted by atomic mass is 16.5. The van der Waals surface area contributed by atoms with Crippen molar-refractivity contribution in [1.29, 1.82) is 0 Å². The number of benzene rings is 1. The van der Waals surface area contributed by atoms with Gasteiger partial charge in [-0.3, -0.25) is 4.79 Å². The number of urea groups is 1. The summed E-state index contributed by atoms with van der Waals surface area (Å²) in [6, 6.07) is 7.36. The van der Waals surface area contributed by atoms with Crippen molar-refractivity contribution in [2.24, 2.45) is 0 Å². The van der Waals surface area contributed by atoms with Crippen molar-refractivity contribution in [1.82, 2.24) is 15.6 Å². The van der Waals surface area contributed by atoms with E-state index in [-0.39, 0.29) is 18.0 Å². The molecule has 2 atom stereocenters. The summed E-state index contributed by atoms with van der Waals surface area (Å²) in [5, 5.41) is 8.95. The standard InChI is InChI=1S/C26H32N4O4/c1-2-3-4-5-6-7-13-28-25(32)30-26-16-22(26)34-21-10-8-17(15-19(21)26)33-20-12-14-27-24-18(20)9-11-23(31)29-24/h8,10,12,14-15,22H,2-7,9,11,13,16H2,1H3,(H,27,29,31)(H2,28,30,32)/t22-,26?/m0/s1. The topological polar surface area (TPSA) is 102 Å². The van der Waals surface area contributed by atoms with Crippen LogP contribution in [0.2, 0.25) is 0 Å². The molecule has 8 heteroatoms. The number of carbonyl (C=O) groups excluding carboxylic acids is 2. The minimum absolute atomic E-state index is 0.0330. The number of unbranched alkanes of at least 4 members (excludes halogenated alkanes) is 5. The van der Waals surface area contributed by atoms with E-state index in [1.165, 1.54) is 25.7 Å². The van der Waals surface area contributed by atoms with Gasteiger partial charge in [0.1, 0.15) is 34.7 Å². The van der Waals surface area contributed by atoms with Crippen LogP contribution in [0.25, 0.3) is 0 Å². The molecule has 1 saturated carbocycles. The third kappa shape index (κ3) is 4.54. The van der Waals surface area contributed by atoms with Gasteiger partial charge >= 0.3 is 6.03 Å². The van der Waals surface area contributed by atoms with Gasteiger partial charge < -0.3 is 25.4 Å². The van der Waals surface area contributed by atoms with Gasteiger partial charge in [0.2, 0.25) is 5.91 Å². The largest absolute Gasteiger partial charge is 0.487 e. The smallest absolute Gasteiger partial charge is 0.315 e. The summed E-state index contributed by atoms with van der Waals surface area (Å²) in [7, 11) is 0. The highest BCUT2D eigenvalue weighted by Crippen LogP contribution is 2.57. The molecule has 1 aliphatic carbocycles. The third-order valence-electron chi connectivity index (χ3n) is 6.85. The second-order valence-electron chi connectivity index (χ2n) is 9.38. The summed E-state index contributed by atoms with van der Waals surface area (Å²) < 4.78 is 12.2. The molecule has 5 rings (SSSR count). The Labute approximate surface area is 199 Å². The minimum Gasteiger partial charge on any atom is -0.487 e. The van der Waals surface area contributed by atoms with Crippen LogP contribution < -0.4 is 25.4 Å². The Hall–Kier alpha value is -3.29. The first-order chi connectivity index (χ1) is 16.6. The van der Waals surface area contributed by atoms with Crippen LogP contribution in [-0.2, 0) is 16.8 Å². The summed E-state index contributed by atoms with van der Waals surface area (Å²) in [6.07, 6.45) is 10.5. The second-order valence-corrected chi connectivity index (χ2v) is 9.38. The number of rotatable bonds is 10. The van der Waals surface area contributed by atoms with Crippen LogP contribution in [0, 0.1) is 0 Å². The first kappa shape index (κ1) is 22.5. The molecule has 8 nitrogen and oxygen atoms in total. The van der Waals surface area contributed by atoms with Gasteiger partial charge in [-0.15, -0.1) is 0 Å². The summed E-state index contributed by atoms with van der Waals surface area (Å²) in [6.45, 7) is 2.89. The molecule has 1 aromatic carbocycles. The molecule has 3 amide bonds. The van der Waals surface area contributed by atoms with Crippen molar-refractivity contribution < 1.29 is 19.1 Å². The van der Waals surface area contributed by atoms with E-state index in [0.29, 0.717) is 36.7 Å². The van der Waals surface area contributed by atoms with Gasteiger partial charge in [0.25, 0.3) is 0 Å². The molecule has 0 spiro atoms. The molecule has 0 saturated heterocycles. The molecule has 3 heterocycles. The van der Waals surface area contributed by atoms with Gasteiger partial charge in [0.15, 0.2) is 0 Å². The average Bonchev–Trinajstić information content (AvgIpc) is 3.43. The molecular weight excluding hydrogens is 432 g/mol. The van der Waals surface area contributed by atoms with Crippen LogP contribution in [-0.4, -0.2) is 29.6 Å². The maximum atomic E-state index is 12.6. The predicted molar refractivity (Wildman–Crippen MR) is 128 cm³/mol. The first-order valence-electron chi connectivity index (χ1n) is 12.4. The van der Waals surface area contributed by atoms with Gasteiger partial charge in [0, 0.05) is 36.7 Å². The molecule has 1 unspecified atom stereocenters. The minimum atomic E-state index is -0.494. The number of hydrogen-bond acceptors (Lipinski definition) is 5. The number of nitrogens with one attached hydrogen (secondary N) is 3. The molecule has 3 N–H and O–H groups in total. The molecule has 2 aliphatic heterocycles. The zero-order chi connectivity index (χ0) is 23.5. The molecule has 180 valence electrons. The predicted octanol–water partition coefficient (Wildman–Crippen LogP) is 4.78. The summed E-state index contributed by atoms with van der Waals surface area (Å²) in [4.78, 5) is 28.5. The monoisotopic (exact) mass is 464 g/mol. The highest BCUT2D eigenvalue weighted by molar-refractivity contribution is 5.93. The van der Waals surface area contributed by atoms with Gasteiger partial charge in [-0.1, -0.05) is 39.0 Å². The number of carbonyl (C=O) groups is 2. The fraction of sp³-hybridized carbons (Fsp3) is 0.500. The van der Waals surface area contributed by atoms with E-state index in [9.17, 15) is 9.59 Å². The molecule has 34 heavy (non-hydrogen) atoms. The lowest BCUT2D eigenvalue weighted by molar-refractivity contribution is -0.116. The third-order valence-corrected chi connectivity index (χ3v) is 6.85. The molecule has 0 bridgehead atoms. The number of amides is 3. The average molecular weight is 465 g/mol. The molecule has 2 aromatic rings. The Morgan fingerprint density at radius 2 is 2.06 bits per heavy atom. The lowest BCUT2D eigenvalue weighted by Gasteiger charge is -2.20. The van der Waals surface area contributed by atoms with E-state index in [2.05, 4.69) is 27.9 Å². The number of nitrogens with zero attached hydrogens (tertiary/aromatic N) is 1. The van der Waals surface area contributed by atoms with Crippen molar-refractivity contribution in [2.75, 3.05) is 11.9 Å². The number of pyridine rings is 1. The van der Waals surface area contributed by atoms with Crippen molar-refractivity contribution in [2.45, 2.75) is 76.4 Å². The van der Waals surface area contributed by atoms with E-state index in [4.69, 9.17) is 9.47 Å². The summed E-state index contributed by atoms with van der Waals surface area (Å²) >= 11 is 0. The first-order valence-corrected chi connectivity index (χ1v) is 12.4. The van der Waals surface area contributed by atoms with Gasteiger partial charge in [-0.05, 0) is 37.1 Å². The lowest BCUT2D eigenvalue weighted by Crippen LogP contribution is -2.43. The molecular formula is C26H32N4O4. The Bertz CT molecular complexity index is 1090. The van der Waals surface area contributed by atoms with Crippen molar-refractivity contribution in [3.63, 3.8) is 0 Å². The molecule has 1 fully saturated rings. The lowest BCUT2D eigenvalue weighted by atomic mass is 10.0. The van der Waals surface area contributed by atoms with Crippen LogP contribution in [0.5, 0.6) is 17.2 Å². The van der Waals surface area contributed by atoms with Crippen LogP contribution in [0.15, 0.2) is 30.5 Å². The van der Waals surface area contributed by atoms with Crippen molar-refractivity contribution >= 4 is 17.8 Å². The normalized spacial score (nSPS) is 21.4. The molecule has 0 radical (unpaired) electrons. The Balaban J connectivity index is 1.21. The maximum Gasteiger partial charge on any atom is 0.315 e. The van der Waals surface area contributed by atoms with Crippen LogP contribution in [0.4, 0.5) is 10.6 Å². The van der Waals surface area contributed by atoms with E-state index >= 15 is 0 Å². The number of fused-ring (bicyclic) bond motifs is 4. The van der Waals surface area contributed by atoms with Gasteiger partial charge in [-0.2, -0.15) is 0 Å². The summed E-state index contributed by atoms with van der Waals surface area (Å²) in [5.41, 5.74) is 1.34. The zero-order valence-corrected chi connectivity index (χ0v) is 19.6. The van der Waals surface area contributed by atoms with E-state index < -0.39 is 5.54 Å². The van der Waals surface area contributed by atoms with Crippen molar-refractivity contribution in [3.05, 3.63) is 41.6 Å². The number of hydrogen-bond donors (Lipinski definition) is 3.